The number of carboxylic acid groups (broad SMARTS) is 2. The number of amides is 1. The van der Waals surface area contributed by atoms with Crippen molar-refractivity contribution in [1.29, 1.82) is 0 Å². The van der Waals surface area contributed by atoms with E-state index in [1.165, 1.54) is 0 Å². The molecular weight excluding hydrogens is 264 g/mol. The van der Waals surface area contributed by atoms with Gasteiger partial charge in [-0.15, -0.1) is 0 Å². The van der Waals surface area contributed by atoms with Crippen LogP contribution in [0.1, 0.15) is 16.8 Å². The van der Waals surface area contributed by atoms with Crippen molar-refractivity contribution in [2.45, 2.75) is 12.5 Å². The zero-order chi connectivity index (χ0) is 14.6. The summed E-state index contributed by atoms with van der Waals surface area (Å²) in [7, 11) is 0. The van der Waals surface area contributed by atoms with E-state index in [4.69, 9.17) is 10.2 Å². The van der Waals surface area contributed by atoms with E-state index in [-0.39, 0.29) is 0 Å². The van der Waals surface area contributed by atoms with Crippen LogP contribution in [0.25, 0.3) is 0 Å². The Balaban J connectivity index is 2.87. The predicted octanol–water partition coefficient (Wildman–Crippen LogP) is 0.622. The lowest BCUT2D eigenvalue weighted by Gasteiger charge is -2.12. The van der Waals surface area contributed by atoms with Gasteiger partial charge in [-0.25, -0.2) is 13.6 Å². The number of benzene rings is 1. The van der Waals surface area contributed by atoms with Crippen molar-refractivity contribution in [2.24, 2.45) is 0 Å². The highest BCUT2D eigenvalue weighted by atomic mass is 19.1. The zero-order valence-electron chi connectivity index (χ0n) is 9.39. The number of aliphatic carboxylic acids is 2. The van der Waals surface area contributed by atoms with Crippen LogP contribution in [0.2, 0.25) is 0 Å². The second-order valence-corrected chi connectivity index (χ2v) is 3.62. The maximum Gasteiger partial charge on any atom is 0.326 e. The predicted molar refractivity (Wildman–Crippen MR) is 57.5 cm³/mol. The average molecular weight is 273 g/mol. The van der Waals surface area contributed by atoms with Gasteiger partial charge < -0.3 is 15.5 Å². The first-order chi connectivity index (χ1) is 8.79. The number of carbonyl (C=O) groups excluding carboxylic acids is 1. The summed E-state index contributed by atoms with van der Waals surface area (Å²) in [5, 5.41) is 19.0. The molecule has 8 heteroatoms. The lowest BCUT2D eigenvalue weighted by atomic mass is 10.1. The van der Waals surface area contributed by atoms with Crippen LogP contribution in [-0.2, 0) is 9.59 Å². The largest absolute Gasteiger partial charge is 0.481 e. The Kier molecular flexibility index (Phi) is 4.51. The average Bonchev–Trinajstić information content (AvgIpc) is 2.25. The number of nitrogens with one attached hydrogen (secondary N) is 1. The molecule has 0 spiro atoms. The molecule has 0 saturated carbocycles. The van der Waals surface area contributed by atoms with Gasteiger partial charge in [0, 0.05) is 11.6 Å². The minimum atomic E-state index is -1.68. The highest BCUT2D eigenvalue weighted by Crippen LogP contribution is 2.08. The Morgan fingerprint density at radius 3 is 2.05 bits per heavy atom. The highest BCUT2D eigenvalue weighted by molar-refractivity contribution is 5.97. The monoisotopic (exact) mass is 273 g/mol. The van der Waals surface area contributed by atoms with E-state index in [1.807, 2.05) is 5.32 Å². The van der Waals surface area contributed by atoms with E-state index in [2.05, 4.69) is 0 Å². The van der Waals surface area contributed by atoms with Crippen molar-refractivity contribution in [3.8, 4) is 0 Å². The molecule has 102 valence electrons. The van der Waals surface area contributed by atoms with Gasteiger partial charge in [0.2, 0.25) is 0 Å². The molecule has 0 aromatic heterocycles. The molecule has 3 N–H and O–H groups in total. The molecular formula is C11H9F2NO5. The Morgan fingerprint density at radius 1 is 1.11 bits per heavy atom. The quantitative estimate of drug-likeness (QED) is 0.729. The first kappa shape index (κ1) is 14.6. The summed E-state index contributed by atoms with van der Waals surface area (Å²) in [5.74, 6) is -6.08. The first-order valence-corrected chi connectivity index (χ1v) is 5.01. The number of carbonyl (C=O) groups is 3. The molecule has 19 heavy (non-hydrogen) atoms. The number of halogens is 2. The molecule has 0 saturated heterocycles. The van der Waals surface area contributed by atoms with Gasteiger partial charge in [0.15, 0.2) is 0 Å². The van der Waals surface area contributed by atoms with Crippen molar-refractivity contribution in [3.05, 3.63) is 35.4 Å². The number of rotatable bonds is 5. The summed E-state index contributed by atoms with van der Waals surface area (Å²) >= 11 is 0. The molecule has 1 unspecified atom stereocenters. The number of hydrogen-bond acceptors (Lipinski definition) is 3. The van der Waals surface area contributed by atoms with E-state index in [0.29, 0.717) is 18.2 Å². The lowest BCUT2D eigenvalue weighted by Crippen LogP contribution is -2.42. The zero-order valence-corrected chi connectivity index (χ0v) is 9.39. The van der Waals surface area contributed by atoms with Gasteiger partial charge in [-0.3, -0.25) is 9.59 Å². The summed E-state index contributed by atoms with van der Waals surface area (Å²) in [4.78, 5) is 32.7. The molecule has 0 radical (unpaired) electrons. The summed E-state index contributed by atoms with van der Waals surface area (Å²) in [5.41, 5.74) is -0.436. The molecule has 0 aliphatic heterocycles. The highest BCUT2D eigenvalue weighted by Gasteiger charge is 2.23. The first-order valence-electron chi connectivity index (χ1n) is 5.01. The maximum atomic E-state index is 12.9. The summed E-state index contributed by atoms with van der Waals surface area (Å²) < 4.78 is 25.7. The van der Waals surface area contributed by atoms with E-state index in [1.54, 1.807) is 0 Å². The fourth-order valence-electron chi connectivity index (χ4n) is 1.30. The van der Waals surface area contributed by atoms with Crippen LogP contribution in [0, 0.1) is 11.6 Å². The Hall–Kier alpha value is -2.51. The Bertz CT molecular complexity index is 512. The van der Waals surface area contributed by atoms with Crippen LogP contribution in [0.15, 0.2) is 18.2 Å². The van der Waals surface area contributed by atoms with Gasteiger partial charge in [-0.05, 0) is 12.1 Å². The van der Waals surface area contributed by atoms with Gasteiger partial charge in [0.25, 0.3) is 5.91 Å². The third kappa shape index (κ3) is 4.34. The van der Waals surface area contributed by atoms with Crippen LogP contribution in [-0.4, -0.2) is 34.1 Å². The molecule has 1 aromatic rings. The van der Waals surface area contributed by atoms with E-state index in [9.17, 15) is 23.2 Å². The van der Waals surface area contributed by atoms with Crippen molar-refractivity contribution in [3.63, 3.8) is 0 Å². The Morgan fingerprint density at radius 2 is 1.63 bits per heavy atom. The summed E-state index contributed by atoms with van der Waals surface area (Å²) in [6.07, 6.45) is -0.848. The number of carboxylic acids is 2. The van der Waals surface area contributed by atoms with Crippen LogP contribution >= 0.6 is 0 Å². The SMILES string of the molecule is O=C(O)CC(NC(=O)c1cc(F)cc(F)c1)C(=O)O. The molecule has 0 aliphatic carbocycles. The van der Waals surface area contributed by atoms with E-state index >= 15 is 0 Å². The van der Waals surface area contributed by atoms with Crippen molar-refractivity contribution >= 4 is 17.8 Å². The standard InChI is InChI=1S/C11H9F2NO5/c12-6-1-5(2-7(13)3-6)10(17)14-8(11(18)19)4-9(15)16/h1-3,8H,4H2,(H,14,17)(H,15,16)(H,18,19). The van der Waals surface area contributed by atoms with Crippen LogP contribution in [0.4, 0.5) is 8.78 Å². The van der Waals surface area contributed by atoms with Crippen LogP contribution in [0.3, 0.4) is 0 Å². The van der Waals surface area contributed by atoms with Gasteiger partial charge in [-0.1, -0.05) is 0 Å². The van der Waals surface area contributed by atoms with Crippen LogP contribution in [0.5, 0.6) is 0 Å². The number of hydrogen-bond donors (Lipinski definition) is 3. The summed E-state index contributed by atoms with van der Waals surface area (Å²) in [6.45, 7) is 0. The van der Waals surface area contributed by atoms with Crippen molar-refractivity contribution < 1.29 is 33.4 Å². The van der Waals surface area contributed by atoms with Gasteiger partial charge in [0.1, 0.15) is 17.7 Å². The van der Waals surface area contributed by atoms with Gasteiger partial charge in [-0.2, -0.15) is 0 Å². The minimum absolute atomic E-state index is 0.436. The molecule has 0 heterocycles. The second-order valence-electron chi connectivity index (χ2n) is 3.62. The third-order valence-corrected chi connectivity index (χ3v) is 2.11. The Labute approximate surface area is 105 Å². The van der Waals surface area contributed by atoms with Crippen molar-refractivity contribution in [2.75, 3.05) is 0 Å². The van der Waals surface area contributed by atoms with E-state index < -0.39 is 47.5 Å². The van der Waals surface area contributed by atoms with E-state index in [0.717, 1.165) is 0 Å². The summed E-state index contributed by atoms with van der Waals surface area (Å²) in [6, 6.07) is 0.273. The molecule has 6 nitrogen and oxygen atoms in total. The fraction of sp³-hybridized carbons (Fsp3) is 0.182. The normalized spacial score (nSPS) is 11.7. The molecule has 0 fully saturated rings. The van der Waals surface area contributed by atoms with Crippen molar-refractivity contribution in [1.82, 2.24) is 5.32 Å². The maximum absolute atomic E-state index is 12.9. The molecule has 1 atom stereocenters. The molecule has 1 rings (SSSR count). The lowest BCUT2D eigenvalue weighted by molar-refractivity contribution is -0.145. The molecule has 0 bridgehead atoms. The molecule has 1 aromatic carbocycles. The smallest absolute Gasteiger partial charge is 0.326 e. The minimum Gasteiger partial charge on any atom is -0.481 e. The van der Waals surface area contributed by atoms with Crippen LogP contribution < -0.4 is 5.32 Å². The third-order valence-electron chi connectivity index (χ3n) is 2.11. The molecule has 0 aliphatic rings. The van der Waals surface area contributed by atoms with Gasteiger partial charge in [0.05, 0.1) is 6.42 Å². The fourth-order valence-corrected chi connectivity index (χ4v) is 1.30. The van der Waals surface area contributed by atoms with Gasteiger partial charge >= 0.3 is 11.9 Å². The molecule has 1 amide bonds. The topological polar surface area (TPSA) is 104 Å². The second kappa shape index (κ2) is 5.89.